The van der Waals surface area contributed by atoms with E-state index in [9.17, 15) is 9.18 Å². The number of carbonyl (C=O) groups is 1. The fourth-order valence-corrected chi connectivity index (χ4v) is 4.02. The second-order valence-corrected chi connectivity index (χ2v) is 6.69. The zero-order chi connectivity index (χ0) is 12.3. The molecule has 1 aliphatic heterocycles. The van der Waals surface area contributed by atoms with Crippen LogP contribution < -0.4 is 0 Å². The first-order valence-electron chi connectivity index (χ1n) is 5.73. The quantitative estimate of drug-likeness (QED) is 0.592. The fraction of sp³-hybridized carbons (Fsp3) is 0.462. The minimum atomic E-state index is -0.278. The summed E-state index contributed by atoms with van der Waals surface area (Å²) < 4.78 is 13.7. The molecule has 0 radical (unpaired) electrons. The second-order valence-electron chi connectivity index (χ2n) is 4.31. The molecule has 0 bridgehead atoms. The first-order valence-corrected chi connectivity index (χ1v) is 7.96. The summed E-state index contributed by atoms with van der Waals surface area (Å²) in [7, 11) is 0. The van der Waals surface area contributed by atoms with Gasteiger partial charge in [-0.15, -0.1) is 0 Å². The molecule has 0 N–H and O–H groups in total. The van der Waals surface area contributed by atoms with Crippen molar-refractivity contribution in [1.29, 1.82) is 0 Å². The van der Waals surface area contributed by atoms with Crippen LogP contribution in [-0.2, 0) is 0 Å². The maximum Gasteiger partial charge on any atom is 0.164 e. The molecule has 0 aliphatic carbocycles. The number of hydrogen-bond acceptors (Lipinski definition) is 2. The molecule has 2 rings (SSSR count). The molecule has 1 saturated heterocycles. The van der Waals surface area contributed by atoms with Crippen LogP contribution >= 0.6 is 34.4 Å². The van der Waals surface area contributed by atoms with Crippen molar-refractivity contribution in [3.63, 3.8) is 0 Å². The highest BCUT2D eigenvalue weighted by atomic mass is 127. The Morgan fingerprint density at radius 3 is 2.76 bits per heavy atom. The molecular weight excluding hydrogens is 350 g/mol. The monoisotopic (exact) mass is 364 g/mol. The third kappa shape index (κ3) is 3.68. The summed E-state index contributed by atoms with van der Waals surface area (Å²) in [5.74, 6) is 2.73. The van der Waals surface area contributed by atoms with Crippen molar-refractivity contribution >= 4 is 40.1 Å². The summed E-state index contributed by atoms with van der Waals surface area (Å²) in [6, 6.07) is 4.40. The highest BCUT2D eigenvalue weighted by molar-refractivity contribution is 14.1. The van der Waals surface area contributed by atoms with Crippen LogP contribution in [0.25, 0.3) is 0 Å². The Balaban J connectivity index is 2.03. The number of Topliss-reactive ketones (excluding diaryl/α,β-unsaturated/α-hetero) is 1. The van der Waals surface area contributed by atoms with Gasteiger partial charge < -0.3 is 0 Å². The molecule has 4 heteroatoms. The Bertz CT molecular complexity index is 416. The van der Waals surface area contributed by atoms with Gasteiger partial charge in [0, 0.05) is 15.6 Å². The molecule has 0 aromatic heterocycles. The number of ketones is 1. The minimum absolute atomic E-state index is 0.159. The van der Waals surface area contributed by atoms with Crippen LogP contribution in [0.1, 0.15) is 29.6 Å². The van der Waals surface area contributed by atoms with Crippen molar-refractivity contribution in [3.8, 4) is 0 Å². The van der Waals surface area contributed by atoms with E-state index >= 15 is 0 Å². The number of carbonyl (C=O) groups excluding carboxylic acids is 1. The van der Waals surface area contributed by atoms with Crippen LogP contribution in [0.2, 0.25) is 0 Å². The van der Waals surface area contributed by atoms with Gasteiger partial charge in [0.15, 0.2) is 5.78 Å². The van der Waals surface area contributed by atoms with Gasteiger partial charge in [0.2, 0.25) is 0 Å². The smallest absolute Gasteiger partial charge is 0.164 e. The van der Waals surface area contributed by atoms with Gasteiger partial charge in [-0.2, -0.15) is 11.8 Å². The topological polar surface area (TPSA) is 17.1 Å². The lowest BCUT2D eigenvalue weighted by atomic mass is 9.93. The lowest BCUT2D eigenvalue weighted by Gasteiger charge is -2.20. The molecule has 0 saturated carbocycles. The third-order valence-electron chi connectivity index (χ3n) is 3.05. The molecule has 1 fully saturated rings. The van der Waals surface area contributed by atoms with Crippen molar-refractivity contribution in [2.24, 2.45) is 5.92 Å². The average Bonchev–Trinajstić information content (AvgIpc) is 2.30. The molecule has 0 amide bonds. The molecule has 1 aromatic carbocycles. The van der Waals surface area contributed by atoms with E-state index in [0.29, 0.717) is 17.9 Å². The number of thioether (sulfide) groups is 1. The second kappa shape index (κ2) is 6.18. The predicted octanol–water partition coefficient (Wildman–Crippen LogP) is 4.15. The Hall–Kier alpha value is -0.100. The standard InChI is InChI=1S/C13H14FIOS/c14-10-1-2-11(12(15)8-10)13(16)7-9-3-5-17-6-4-9/h1-2,8-9H,3-7H2. The lowest BCUT2D eigenvalue weighted by molar-refractivity contribution is 0.0958. The van der Waals surface area contributed by atoms with E-state index in [0.717, 1.165) is 16.4 Å². The van der Waals surface area contributed by atoms with Gasteiger partial charge in [0.1, 0.15) is 5.82 Å². The molecular formula is C13H14FIOS. The van der Waals surface area contributed by atoms with Gasteiger partial charge in [-0.05, 0) is 71.1 Å². The summed E-state index contributed by atoms with van der Waals surface area (Å²) in [5, 5.41) is 0. The summed E-state index contributed by atoms with van der Waals surface area (Å²) in [6.45, 7) is 0. The van der Waals surface area contributed by atoms with Gasteiger partial charge >= 0.3 is 0 Å². The van der Waals surface area contributed by atoms with E-state index in [1.807, 2.05) is 34.4 Å². The maximum atomic E-state index is 13.0. The zero-order valence-corrected chi connectivity index (χ0v) is 12.4. The molecule has 0 unspecified atom stereocenters. The van der Waals surface area contributed by atoms with Gasteiger partial charge in [0.25, 0.3) is 0 Å². The summed E-state index contributed by atoms with van der Waals surface area (Å²) in [6.07, 6.45) is 2.88. The first kappa shape index (κ1) is 13.3. The number of benzene rings is 1. The van der Waals surface area contributed by atoms with Crippen molar-refractivity contribution < 1.29 is 9.18 Å². The van der Waals surface area contributed by atoms with Crippen LogP contribution in [0.4, 0.5) is 4.39 Å². The van der Waals surface area contributed by atoms with E-state index in [1.165, 1.54) is 23.6 Å². The first-order chi connectivity index (χ1) is 8.16. The maximum absolute atomic E-state index is 13.0. The summed E-state index contributed by atoms with van der Waals surface area (Å²) in [5.41, 5.74) is 0.672. The molecule has 1 aliphatic rings. The molecule has 1 aromatic rings. The Morgan fingerprint density at radius 2 is 2.12 bits per heavy atom. The van der Waals surface area contributed by atoms with Gasteiger partial charge in [-0.3, -0.25) is 4.79 Å². The number of rotatable bonds is 3. The van der Waals surface area contributed by atoms with Crippen LogP contribution in [0.5, 0.6) is 0 Å². The highest BCUT2D eigenvalue weighted by Crippen LogP contribution is 2.27. The van der Waals surface area contributed by atoms with Crippen LogP contribution in [0.3, 0.4) is 0 Å². The fourth-order valence-electron chi connectivity index (χ4n) is 2.04. The van der Waals surface area contributed by atoms with Crippen LogP contribution in [-0.4, -0.2) is 17.3 Å². The Morgan fingerprint density at radius 1 is 1.41 bits per heavy atom. The number of hydrogen-bond donors (Lipinski definition) is 0. The van der Waals surface area contributed by atoms with E-state index in [4.69, 9.17) is 0 Å². The summed E-state index contributed by atoms with van der Waals surface area (Å²) >= 11 is 3.99. The highest BCUT2D eigenvalue weighted by Gasteiger charge is 2.19. The lowest BCUT2D eigenvalue weighted by Crippen LogP contribution is -2.15. The third-order valence-corrected chi connectivity index (χ3v) is 4.99. The molecule has 0 atom stereocenters. The van der Waals surface area contributed by atoms with E-state index in [-0.39, 0.29) is 11.6 Å². The molecule has 1 heterocycles. The van der Waals surface area contributed by atoms with Gasteiger partial charge in [0.05, 0.1) is 0 Å². The normalized spacial score (nSPS) is 17.1. The zero-order valence-electron chi connectivity index (χ0n) is 9.42. The van der Waals surface area contributed by atoms with Crippen LogP contribution in [0, 0.1) is 15.3 Å². The van der Waals surface area contributed by atoms with Crippen molar-refractivity contribution in [2.45, 2.75) is 19.3 Å². The van der Waals surface area contributed by atoms with Crippen LogP contribution in [0.15, 0.2) is 18.2 Å². The van der Waals surface area contributed by atoms with Crippen molar-refractivity contribution in [3.05, 3.63) is 33.1 Å². The van der Waals surface area contributed by atoms with Crippen molar-refractivity contribution in [1.82, 2.24) is 0 Å². The van der Waals surface area contributed by atoms with Gasteiger partial charge in [-0.25, -0.2) is 4.39 Å². The number of halogens is 2. The average molecular weight is 364 g/mol. The summed E-state index contributed by atoms with van der Waals surface area (Å²) in [4.78, 5) is 12.1. The van der Waals surface area contributed by atoms with Gasteiger partial charge in [-0.1, -0.05) is 0 Å². The van der Waals surface area contributed by atoms with E-state index < -0.39 is 0 Å². The largest absolute Gasteiger partial charge is 0.294 e. The van der Waals surface area contributed by atoms with Crippen molar-refractivity contribution in [2.75, 3.05) is 11.5 Å². The Kier molecular flexibility index (Phi) is 4.85. The van der Waals surface area contributed by atoms with E-state index in [1.54, 1.807) is 6.07 Å². The molecule has 17 heavy (non-hydrogen) atoms. The van der Waals surface area contributed by atoms with E-state index in [2.05, 4.69) is 0 Å². The molecule has 1 nitrogen and oxygen atoms in total. The predicted molar refractivity (Wildman–Crippen MR) is 78.1 cm³/mol. The molecule has 92 valence electrons. The molecule has 0 spiro atoms. The SMILES string of the molecule is O=C(CC1CCSCC1)c1ccc(F)cc1I. The Labute approximate surface area is 119 Å². The minimum Gasteiger partial charge on any atom is -0.294 e.